The van der Waals surface area contributed by atoms with E-state index in [1.54, 1.807) is 0 Å². The van der Waals surface area contributed by atoms with Crippen LogP contribution in [0.4, 0.5) is 0 Å². The Bertz CT molecular complexity index is 339. The highest BCUT2D eigenvalue weighted by atomic mass is 32.1. The number of nitrogens with zero attached hydrogens (tertiary/aromatic N) is 1. The van der Waals surface area contributed by atoms with E-state index in [2.05, 4.69) is 45.3 Å². The van der Waals surface area contributed by atoms with E-state index in [1.165, 1.54) is 30.0 Å². The van der Waals surface area contributed by atoms with Crippen molar-refractivity contribution < 1.29 is 0 Å². The molecule has 1 rings (SSSR count). The molecule has 1 aromatic heterocycles. The van der Waals surface area contributed by atoms with Crippen molar-refractivity contribution >= 4 is 11.3 Å². The monoisotopic (exact) mass is 268 g/mol. The normalized spacial score (nSPS) is 13.8. The molecule has 0 saturated heterocycles. The molecule has 3 heteroatoms. The molecule has 0 aliphatic carbocycles. The van der Waals surface area contributed by atoms with Gasteiger partial charge in [-0.05, 0) is 39.2 Å². The summed E-state index contributed by atoms with van der Waals surface area (Å²) in [6.45, 7) is 12.3. The Hall–Kier alpha value is -0.410. The molecule has 2 nitrogen and oxygen atoms in total. The predicted octanol–water partition coefficient (Wildman–Crippen LogP) is 4.15. The van der Waals surface area contributed by atoms with Gasteiger partial charge >= 0.3 is 0 Å². The molecule has 0 radical (unpaired) electrons. The molecule has 18 heavy (non-hydrogen) atoms. The summed E-state index contributed by atoms with van der Waals surface area (Å²) in [5.74, 6) is 0. The van der Waals surface area contributed by atoms with Gasteiger partial charge in [0.2, 0.25) is 0 Å². The highest BCUT2D eigenvalue weighted by molar-refractivity contribution is 7.09. The van der Waals surface area contributed by atoms with Crippen LogP contribution in [0, 0.1) is 0 Å². The number of thiazole rings is 1. The Balaban J connectivity index is 2.29. The van der Waals surface area contributed by atoms with Crippen molar-refractivity contribution in [3.05, 3.63) is 16.1 Å². The second-order valence-electron chi connectivity index (χ2n) is 6.12. The van der Waals surface area contributed by atoms with Crippen LogP contribution in [0.1, 0.15) is 64.6 Å². The lowest BCUT2D eigenvalue weighted by Gasteiger charge is -2.14. The maximum absolute atomic E-state index is 4.74. The van der Waals surface area contributed by atoms with Crippen molar-refractivity contribution in [3.63, 3.8) is 0 Å². The molecule has 1 aromatic rings. The third-order valence-electron chi connectivity index (χ3n) is 3.09. The fourth-order valence-electron chi connectivity index (χ4n) is 1.82. The summed E-state index contributed by atoms with van der Waals surface area (Å²) >= 11 is 1.81. The Labute approximate surface area is 116 Å². The first-order chi connectivity index (χ1) is 8.43. The largest absolute Gasteiger partial charge is 0.314 e. The van der Waals surface area contributed by atoms with E-state index in [1.807, 2.05) is 11.3 Å². The quantitative estimate of drug-likeness (QED) is 0.803. The molecule has 1 unspecified atom stereocenters. The summed E-state index contributed by atoms with van der Waals surface area (Å²) < 4.78 is 0. The smallest absolute Gasteiger partial charge is 0.0928 e. The minimum Gasteiger partial charge on any atom is -0.314 e. The fraction of sp³-hybridized carbons (Fsp3) is 0.800. The maximum atomic E-state index is 4.74. The van der Waals surface area contributed by atoms with E-state index < -0.39 is 0 Å². The average Bonchev–Trinajstić information content (AvgIpc) is 2.74. The molecule has 0 saturated carbocycles. The Morgan fingerprint density at radius 1 is 1.39 bits per heavy atom. The summed E-state index contributed by atoms with van der Waals surface area (Å²) in [6, 6.07) is 0.631. The van der Waals surface area contributed by atoms with Crippen molar-refractivity contribution in [1.29, 1.82) is 0 Å². The number of hydrogen-bond donors (Lipinski definition) is 1. The van der Waals surface area contributed by atoms with Gasteiger partial charge in [-0.15, -0.1) is 11.3 Å². The molecule has 0 aliphatic rings. The lowest BCUT2D eigenvalue weighted by molar-refractivity contribution is 0.497. The maximum Gasteiger partial charge on any atom is 0.0928 e. The first kappa shape index (κ1) is 15.6. The standard InChI is InChI=1S/C15H28N2S/c1-6-10-16-12(2)8-7-9-14-17-13(11-18-14)15(3,4)5/h11-12,16H,6-10H2,1-5H3. The van der Waals surface area contributed by atoms with E-state index in [0.29, 0.717) is 6.04 Å². The van der Waals surface area contributed by atoms with E-state index in [9.17, 15) is 0 Å². The molecule has 0 fully saturated rings. The van der Waals surface area contributed by atoms with Crippen LogP contribution in [0.2, 0.25) is 0 Å². The molecule has 1 N–H and O–H groups in total. The molecule has 0 amide bonds. The number of aromatic nitrogens is 1. The first-order valence-electron chi connectivity index (χ1n) is 7.11. The Morgan fingerprint density at radius 3 is 2.67 bits per heavy atom. The lowest BCUT2D eigenvalue weighted by atomic mass is 9.93. The highest BCUT2D eigenvalue weighted by Crippen LogP contribution is 2.24. The van der Waals surface area contributed by atoms with Gasteiger partial charge in [0.1, 0.15) is 0 Å². The van der Waals surface area contributed by atoms with E-state index in [4.69, 9.17) is 4.98 Å². The van der Waals surface area contributed by atoms with Gasteiger partial charge in [-0.25, -0.2) is 4.98 Å². The van der Waals surface area contributed by atoms with Crippen LogP contribution >= 0.6 is 11.3 Å². The van der Waals surface area contributed by atoms with Gasteiger partial charge in [-0.2, -0.15) is 0 Å². The van der Waals surface area contributed by atoms with Gasteiger partial charge in [0.15, 0.2) is 0 Å². The first-order valence-corrected chi connectivity index (χ1v) is 7.99. The third-order valence-corrected chi connectivity index (χ3v) is 4.00. The van der Waals surface area contributed by atoms with Gasteiger partial charge in [0.05, 0.1) is 10.7 Å². The van der Waals surface area contributed by atoms with Gasteiger partial charge in [0, 0.05) is 16.8 Å². The third kappa shape index (κ3) is 5.49. The predicted molar refractivity (Wildman–Crippen MR) is 81.5 cm³/mol. The van der Waals surface area contributed by atoms with E-state index in [0.717, 1.165) is 13.0 Å². The lowest BCUT2D eigenvalue weighted by Crippen LogP contribution is -2.26. The van der Waals surface area contributed by atoms with Crippen LogP contribution in [0.3, 0.4) is 0 Å². The van der Waals surface area contributed by atoms with Gasteiger partial charge in [-0.1, -0.05) is 27.7 Å². The van der Waals surface area contributed by atoms with Crippen LogP contribution < -0.4 is 5.32 Å². The van der Waals surface area contributed by atoms with Crippen LogP contribution in [-0.4, -0.2) is 17.6 Å². The van der Waals surface area contributed by atoms with Crippen molar-refractivity contribution in [2.24, 2.45) is 0 Å². The Morgan fingerprint density at radius 2 is 2.11 bits per heavy atom. The summed E-state index contributed by atoms with van der Waals surface area (Å²) in [6.07, 6.45) is 4.81. The molecule has 0 bridgehead atoms. The van der Waals surface area contributed by atoms with Crippen molar-refractivity contribution in [1.82, 2.24) is 10.3 Å². The van der Waals surface area contributed by atoms with Crippen molar-refractivity contribution in [2.75, 3.05) is 6.54 Å². The van der Waals surface area contributed by atoms with E-state index in [-0.39, 0.29) is 5.41 Å². The van der Waals surface area contributed by atoms with Crippen LogP contribution in [0.25, 0.3) is 0 Å². The molecular formula is C15H28N2S. The zero-order valence-corrected chi connectivity index (χ0v) is 13.4. The highest BCUT2D eigenvalue weighted by Gasteiger charge is 2.17. The second kappa shape index (κ2) is 7.25. The topological polar surface area (TPSA) is 24.9 Å². The minimum absolute atomic E-state index is 0.185. The number of hydrogen-bond acceptors (Lipinski definition) is 3. The zero-order valence-electron chi connectivity index (χ0n) is 12.5. The molecule has 0 aliphatic heterocycles. The van der Waals surface area contributed by atoms with Crippen LogP contribution in [0.5, 0.6) is 0 Å². The number of nitrogens with one attached hydrogen (secondary N) is 1. The average molecular weight is 268 g/mol. The van der Waals surface area contributed by atoms with Gasteiger partial charge < -0.3 is 5.32 Å². The number of rotatable bonds is 7. The van der Waals surface area contributed by atoms with Crippen LogP contribution in [0.15, 0.2) is 5.38 Å². The summed E-state index contributed by atoms with van der Waals surface area (Å²) in [4.78, 5) is 4.74. The van der Waals surface area contributed by atoms with Crippen molar-refractivity contribution in [2.45, 2.75) is 71.8 Å². The van der Waals surface area contributed by atoms with Gasteiger partial charge in [-0.3, -0.25) is 0 Å². The van der Waals surface area contributed by atoms with Gasteiger partial charge in [0.25, 0.3) is 0 Å². The van der Waals surface area contributed by atoms with E-state index >= 15 is 0 Å². The minimum atomic E-state index is 0.185. The Kier molecular flexibility index (Phi) is 6.30. The molecule has 1 atom stereocenters. The SMILES string of the molecule is CCCNC(C)CCCc1nc(C(C)(C)C)cs1. The molecule has 0 spiro atoms. The molecule has 104 valence electrons. The zero-order chi connectivity index (χ0) is 13.6. The van der Waals surface area contributed by atoms with Crippen molar-refractivity contribution in [3.8, 4) is 0 Å². The molecule has 1 heterocycles. The molecular weight excluding hydrogens is 240 g/mol. The number of aryl methyl sites for hydroxylation is 1. The van der Waals surface area contributed by atoms with Crippen LogP contribution in [-0.2, 0) is 11.8 Å². The summed E-state index contributed by atoms with van der Waals surface area (Å²) in [7, 11) is 0. The fourth-order valence-corrected chi connectivity index (χ4v) is 2.89. The summed E-state index contributed by atoms with van der Waals surface area (Å²) in [5, 5.41) is 7.04. The second-order valence-corrected chi connectivity index (χ2v) is 7.07. The summed E-state index contributed by atoms with van der Waals surface area (Å²) in [5.41, 5.74) is 1.42. The molecule has 0 aromatic carbocycles.